The highest BCUT2D eigenvalue weighted by molar-refractivity contribution is 5.77. The van der Waals surface area contributed by atoms with E-state index in [-0.39, 0.29) is 24.0 Å². The van der Waals surface area contributed by atoms with E-state index in [0.717, 1.165) is 38.6 Å². The van der Waals surface area contributed by atoms with Crippen LogP contribution in [0.5, 0.6) is 0 Å². The molecule has 18 heavy (non-hydrogen) atoms. The van der Waals surface area contributed by atoms with Crippen molar-refractivity contribution in [2.45, 2.75) is 70.1 Å². The second-order valence-electron chi connectivity index (χ2n) is 6.00. The highest BCUT2D eigenvalue weighted by atomic mass is 16.3. The van der Waals surface area contributed by atoms with Crippen molar-refractivity contribution in [3.05, 3.63) is 0 Å². The Balaban J connectivity index is 2.05. The average Bonchev–Trinajstić information content (AvgIpc) is 2.54. The molecule has 1 aliphatic heterocycles. The minimum Gasteiger partial charge on any atom is -0.391 e. The molecule has 2 aliphatic rings. The first-order valence-corrected chi connectivity index (χ1v) is 7.32. The molecule has 1 aliphatic carbocycles. The maximum Gasteiger partial charge on any atom is 0.221 e. The minimum atomic E-state index is -0.235. The molecule has 0 bridgehead atoms. The first kappa shape index (κ1) is 13.8. The van der Waals surface area contributed by atoms with Crippen molar-refractivity contribution in [1.29, 1.82) is 0 Å². The van der Waals surface area contributed by atoms with Crippen molar-refractivity contribution in [2.75, 3.05) is 6.54 Å². The van der Waals surface area contributed by atoms with Gasteiger partial charge in [-0.3, -0.25) is 9.69 Å². The number of likely N-dealkylation sites (tertiary alicyclic amines) is 1. The molecule has 1 saturated carbocycles. The van der Waals surface area contributed by atoms with E-state index in [4.69, 9.17) is 5.73 Å². The van der Waals surface area contributed by atoms with Crippen molar-refractivity contribution in [3.63, 3.8) is 0 Å². The number of piperidine rings is 1. The van der Waals surface area contributed by atoms with Crippen LogP contribution in [0.2, 0.25) is 0 Å². The molecule has 0 aromatic heterocycles. The fraction of sp³-hybridized carbons (Fsp3) is 0.929. The molecule has 0 spiro atoms. The molecule has 104 valence electrons. The maximum atomic E-state index is 11.4. The third-order valence-electron chi connectivity index (χ3n) is 4.70. The van der Waals surface area contributed by atoms with Crippen LogP contribution in [0.15, 0.2) is 0 Å². The molecule has 1 saturated heterocycles. The van der Waals surface area contributed by atoms with E-state index in [1.54, 1.807) is 0 Å². The summed E-state index contributed by atoms with van der Waals surface area (Å²) in [4.78, 5) is 13.7. The molecule has 4 unspecified atom stereocenters. The fourth-order valence-corrected chi connectivity index (χ4v) is 3.48. The number of nitrogens with two attached hydrogens (primary N) is 1. The van der Waals surface area contributed by atoms with Gasteiger partial charge in [0.05, 0.1) is 12.0 Å². The zero-order valence-electron chi connectivity index (χ0n) is 11.3. The first-order valence-electron chi connectivity index (χ1n) is 7.32. The van der Waals surface area contributed by atoms with Crippen LogP contribution in [-0.2, 0) is 4.79 Å². The van der Waals surface area contributed by atoms with Gasteiger partial charge in [-0.1, -0.05) is 19.3 Å². The molecular formula is C14H26N2O2. The summed E-state index contributed by atoms with van der Waals surface area (Å²) in [5, 5.41) is 10.3. The molecule has 4 nitrogen and oxygen atoms in total. The number of hydrogen-bond donors (Lipinski definition) is 2. The molecule has 2 rings (SSSR count). The van der Waals surface area contributed by atoms with Crippen LogP contribution >= 0.6 is 0 Å². The van der Waals surface area contributed by atoms with Crippen LogP contribution in [0, 0.1) is 5.92 Å². The molecule has 3 N–H and O–H groups in total. The van der Waals surface area contributed by atoms with E-state index in [2.05, 4.69) is 11.8 Å². The Bertz CT molecular complexity index is 296. The van der Waals surface area contributed by atoms with Gasteiger partial charge in [0, 0.05) is 18.6 Å². The molecule has 0 aromatic carbocycles. The normalized spacial score (nSPS) is 39.2. The molecule has 1 amide bonds. The smallest absolute Gasteiger partial charge is 0.221 e. The van der Waals surface area contributed by atoms with Gasteiger partial charge in [-0.2, -0.15) is 0 Å². The lowest BCUT2D eigenvalue weighted by molar-refractivity contribution is -0.125. The summed E-state index contributed by atoms with van der Waals surface area (Å²) in [6, 6.07) is 0.683. The fourth-order valence-electron chi connectivity index (χ4n) is 3.48. The summed E-state index contributed by atoms with van der Waals surface area (Å²) in [6.45, 7) is 2.94. The number of rotatable bonds is 2. The van der Waals surface area contributed by atoms with Gasteiger partial charge in [0.2, 0.25) is 5.91 Å². The predicted molar refractivity (Wildman–Crippen MR) is 71.0 cm³/mol. The van der Waals surface area contributed by atoms with Crippen LogP contribution < -0.4 is 5.73 Å². The summed E-state index contributed by atoms with van der Waals surface area (Å²) >= 11 is 0. The number of carbonyl (C=O) groups is 1. The Labute approximate surface area is 110 Å². The Morgan fingerprint density at radius 1 is 1.17 bits per heavy atom. The van der Waals surface area contributed by atoms with E-state index in [0.29, 0.717) is 6.04 Å². The van der Waals surface area contributed by atoms with Crippen LogP contribution in [0.1, 0.15) is 51.9 Å². The number of nitrogens with zero attached hydrogens (tertiary/aromatic N) is 1. The van der Waals surface area contributed by atoms with Crippen molar-refractivity contribution in [1.82, 2.24) is 4.90 Å². The molecule has 4 heteroatoms. The number of primary amides is 1. The SMILES string of the molecule is CC1CCC(C(N)=O)CN1C1CCCCCC1O. The number of aliphatic hydroxyl groups is 1. The average molecular weight is 254 g/mol. The lowest BCUT2D eigenvalue weighted by Gasteiger charge is -2.43. The number of aliphatic hydroxyl groups excluding tert-OH is 1. The van der Waals surface area contributed by atoms with Gasteiger partial charge in [-0.25, -0.2) is 0 Å². The van der Waals surface area contributed by atoms with Crippen molar-refractivity contribution < 1.29 is 9.90 Å². The zero-order valence-corrected chi connectivity index (χ0v) is 11.3. The van der Waals surface area contributed by atoms with Gasteiger partial charge in [-0.15, -0.1) is 0 Å². The van der Waals surface area contributed by atoms with Crippen molar-refractivity contribution in [3.8, 4) is 0 Å². The molecule has 0 radical (unpaired) electrons. The van der Waals surface area contributed by atoms with E-state index in [1.807, 2.05) is 0 Å². The van der Waals surface area contributed by atoms with Crippen molar-refractivity contribution in [2.24, 2.45) is 11.7 Å². The topological polar surface area (TPSA) is 66.6 Å². The van der Waals surface area contributed by atoms with Gasteiger partial charge in [0.25, 0.3) is 0 Å². The van der Waals surface area contributed by atoms with Crippen LogP contribution in [0.25, 0.3) is 0 Å². The number of amides is 1. The predicted octanol–water partition coefficient (Wildman–Crippen LogP) is 1.27. The number of carbonyl (C=O) groups excluding carboxylic acids is 1. The van der Waals surface area contributed by atoms with Crippen LogP contribution in [0.4, 0.5) is 0 Å². The highest BCUT2D eigenvalue weighted by Gasteiger charge is 2.36. The van der Waals surface area contributed by atoms with E-state index in [9.17, 15) is 9.90 Å². The number of hydrogen-bond acceptors (Lipinski definition) is 3. The third-order valence-corrected chi connectivity index (χ3v) is 4.70. The highest BCUT2D eigenvalue weighted by Crippen LogP contribution is 2.30. The Morgan fingerprint density at radius 3 is 2.61 bits per heavy atom. The summed E-state index contributed by atoms with van der Waals surface area (Å²) in [5.74, 6) is -0.216. The lowest BCUT2D eigenvalue weighted by Crippen LogP contribution is -2.53. The summed E-state index contributed by atoms with van der Waals surface area (Å²) < 4.78 is 0. The molecule has 1 heterocycles. The second-order valence-corrected chi connectivity index (χ2v) is 6.00. The van der Waals surface area contributed by atoms with E-state index in [1.165, 1.54) is 12.8 Å². The summed E-state index contributed by atoms with van der Waals surface area (Å²) in [5.41, 5.74) is 5.44. The van der Waals surface area contributed by atoms with Gasteiger partial charge in [0.15, 0.2) is 0 Å². The zero-order chi connectivity index (χ0) is 13.1. The molecule has 2 fully saturated rings. The quantitative estimate of drug-likeness (QED) is 0.729. The van der Waals surface area contributed by atoms with Gasteiger partial charge >= 0.3 is 0 Å². The Kier molecular flexibility index (Phi) is 4.62. The van der Waals surface area contributed by atoms with E-state index < -0.39 is 0 Å². The standard InChI is InChI=1S/C14H26N2O2/c1-10-7-8-11(14(15)18)9-16(10)12-5-3-2-4-6-13(12)17/h10-13,17H,2-9H2,1H3,(H2,15,18). The third kappa shape index (κ3) is 3.04. The monoisotopic (exact) mass is 254 g/mol. The van der Waals surface area contributed by atoms with Crippen LogP contribution in [-0.4, -0.2) is 40.6 Å². The first-order chi connectivity index (χ1) is 8.59. The summed E-state index contributed by atoms with van der Waals surface area (Å²) in [7, 11) is 0. The molecular weight excluding hydrogens is 228 g/mol. The summed E-state index contributed by atoms with van der Waals surface area (Å²) in [6.07, 6.45) is 7.15. The molecule has 4 atom stereocenters. The Hall–Kier alpha value is -0.610. The van der Waals surface area contributed by atoms with Gasteiger partial charge < -0.3 is 10.8 Å². The van der Waals surface area contributed by atoms with Crippen molar-refractivity contribution >= 4 is 5.91 Å². The molecule has 0 aromatic rings. The van der Waals surface area contributed by atoms with Gasteiger partial charge in [0.1, 0.15) is 0 Å². The van der Waals surface area contributed by atoms with Crippen LogP contribution in [0.3, 0.4) is 0 Å². The van der Waals surface area contributed by atoms with E-state index >= 15 is 0 Å². The maximum absolute atomic E-state index is 11.4. The van der Waals surface area contributed by atoms with Gasteiger partial charge in [-0.05, 0) is 32.6 Å². The lowest BCUT2D eigenvalue weighted by atomic mass is 9.89. The second kappa shape index (κ2) is 6.02. The Morgan fingerprint density at radius 2 is 1.89 bits per heavy atom. The minimum absolute atomic E-state index is 0.0309. The largest absolute Gasteiger partial charge is 0.391 e.